The summed E-state index contributed by atoms with van der Waals surface area (Å²) in [6.45, 7) is 4.22. The van der Waals surface area contributed by atoms with Crippen LogP contribution < -0.4 is 10.1 Å². The van der Waals surface area contributed by atoms with Gasteiger partial charge >= 0.3 is 6.01 Å². The van der Waals surface area contributed by atoms with E-state index in [1.165, 1.54) is 0 Å². The predicted molar refractivity (Wildman–Crippen MR) is 75.5 cm³/mol. The zero-order valence-corrected chi connectivity index (χ0v) is 12.0. The maximum atomic E-state index is 6.12. The molecule has 1 N–H and O–H groups in total. The van der Waals surface area contributed by atoms with E-state index < -0.39 is 0 Å². The molecular weight excluding hydrogens is 287 g/mol. The lowest BCUT2D eigenvalue weighted by Gasteiger charge is -2.10. The van der Waals surface area contributed by atoms with Gasteiger partial charge in [0.25, 0.3) is 0 Å². The standard InChI is InChI=1S/C12H12Cl2N4O/c1-3-19-12-17-10(14)16-11(18-12)15-9-7(2)5-4-6-8(9)13/h4-6H,3H2,1-2H3,(H,15,16,17,18). The van der Waals surface area contributed by atoms with Crippen molar-refractivity contribution in [1.29, 1.82) is 0 Å². The molecule has 2 aromatic rings. The molecule has 19 heavy (non-hydrogen) atoms. The first-order chi connectivity index (χ1) is 9.10. The largest absolute Gasteiger partial charge is 0.464 e. The normalized spacial score (nSPS) is 10.3. The highest BCUT2D eigenvalue weighted by Gasteiger charge is 2.09. The quantitative estimate of drug-likeness (QED) is 0.934. The van der Waals surface area contributed by atoms with Gasteiger partial charge in [-0.15, -0.1) is 0 Å². The fraction of sp³-hybridized carbons (Fsp3) is 0.250. The van der Waals surface area contributed by atoms with Crippen molar-refractivity contribution in [3.05, 3.63) is 34.1 Å². The maximum Gasteiger partial charge on any atom is 0.322 e. The van der Waals surface area contributed by atoms with E-state index in [0.717, 1.165) is 11.3 Å². The molecule has 0 aliphatic carbocycles. The van der Waals surface area contributed by atoms with Crippen molar-refractivity contribution in [2.75, 3.05) is 11.9 Å². The highest BCUT2D eigenvalue weighted by molar-refractivity contribution is 6.33. The zero-order valence-electron chi connectivity index (χ0n) is 10.4. The molecule has 7 heteroatoms. The van der Waals surface area contributed by atoms with Crippen LogP contribution in [0.4, 0.5) is 11.6 Å². The summed E-state index contributed by atoms with van der Waals surface area (Å²) in [6.07, 6.45) is 0. The lowest BCUT2D eigenvalue weighted by atomic mass is 10.2. The molecule has 0 spiro atoms. The summed E-state index contributed by atoms with van der Waals surface area (Å²) < 4.78 is 5.21. The molecule has 0 saturated carbocycles. The number of aryl methyl sites for hydroxylation is 1. The van der Waals surface area contributed by atoms with Crippen LogP contribution in [0, 0.1) is 6.92 Å². The zero-order chi connectivity index (χ0) is 13.8. The van der Waals surface area contributed by atoms with Crippen LogP contribution in [-0.4, -0.2) is 21.6 Å². The lowest BCUT2D eigenvalue weighted by Crippen LogP contribution is -2.04. The van der Waals surface area contributed by atoms with Crippen molar-refractivity contribution in [1.82, 2.24) is 15.0 Å². The molecule has 100 valence electrons. The van der Waals surface area contributed by atoms with Crippen LogP contribution in [0.3, 0.4) is 0 Å². The first-order valence-electron chi connectivity index (χ1n) is 5.66. The molecule has 0 atom stereocenters. The molecule has 0 unspecified atom stereocenters. The number of rotatable bonds is 4. The summed E-state index contributed by atoms with van der Waals surface area (Å²) in [7, 11) is 0. The van der Waals surface area contributed by atoms with Crippen LogP contribution in [0.2, 0.25) is 10.3 Å². The molecule has 1 heterocycles. The van der Waals surface area contributed by atoms with Gasteiger partial charge in [-0.25, -0.2) is 0 Å². The van der Waals surface area contributed by atoms with E-state index in [4.69, 9.17) is 27.9 Å². The van der Waals surface area contributed by atoms with Gasteiger partial charge in [-0.3, -0.25) is 0 Å². The van der Waals surface area contributed by atoms with E-state index >= 15 is 0 Å². The van der Waals surface area contributed by atoms with E-state index in [-0.39, 0.29) is 11.3 Å². The Kier molecular flexibility index (Phi) is 4.39. The van der Waals surface area contributed by atoms with Gasteiger partial charge in [-0.2, -0.15) is 15.0 Å². The van der Waals surface area contributed by atoms with Crippen LogP contribution in [0.1, 0.15) is 12.5 Å². The van der Waals surface area contributed by atoms with E-state index in [1.54, 1.807) is 6.07 Å². The average Bonchev–Trinajstić information content (AvgIpc) is 2.34. The minimum Gasteiger partial charge on any atom is -0.464 e. The van der Waals surface area contributed by atoms with Crippen LogP contribution in [0.15, 0.2) is 18.2 Å². The van der Waals surface area contributed by atoms with E-state index in [1.807, 2.05) is 26.0 Å². The maximum absolute atomic E-state index is 6.12. The van der Waals surface area contributed by atoms with Crippen molar-refractivity contribution in [2.24, 2.45) is 0 Å². The highest BCUT2D eigenvalue weighted by atomic mass is 35.5. The minimum atomic E-state index is 0.0608. The van der Waals surface area contributed by atoms with Crippen LogP contribution in [0.25, 0.3) is 0 Å². The van der Waals surface area contributed by atoms with Crippen molar-refractivity contribution >= 4 is 34.8 Å². The third-order valence-corrected chi connectivity index (χ3v) is 2.80. The second-order valence-electron chi connectivity index (χ2n) is 3.70. The number of nitrogens with one attached hydrogen (secondary N) is 1. The summed E-state index contributed by atoms with van der Waals surface area (Å²) in [5.41, 5.74) is 1.70. The predicted octanol–water partition coefficient (Wildman–Crippen LogP) is 3.63. The van der Waals surface area contributed by atoms with Gasteiger partial charge < -0.3 is 10.1 Å². The van der Waals surface area contributed by atoms with Crippen molar-refractivity contribution in [3.8, 4) is 6.01 Å². The first kappa shape index (κ1) is 13.8. The Morgan fingerprint density at radius 3 is 2.68 bits per heavy atom. The molecule has 1 aromatic heterocycles. The number of nitrogens with zero attached hydrogens (tertiary/aromatic N) is 3. The van der Waals surface area contributed by atoms with Crippen LogP contribution in [0.5, 0.6) is 6.01 Å². The molecule has 0 bridgehead atoms. The molecule has 0 amide bonds. The molecule has 0 saturated heterocycles. The Balaban J connectivity index is 2.33. The van der Waals surface area contributed by atoms with Gasteiger partial charge in [0.1, 0.15) is 0 Å². The summed E-state index contributed by atoms with van der Waals surface area (Å²) in [5, 5.41) is 3.66. The topological polar surface area (TPSA) is 59.9 Å². The van der Waals surface area contributed by atoms with Gasteiger partial charge in [0.05, 0.1) is 17.3 Å². The molecule has 0 aliphatic heterocycles. The molecule has 5 nitrogen and oxygen atoms in total. The lowest BCUT2D eigenvalue weighted by molar-refractivity contribution is 0.312. The second-order valence-corrected chi connectivity index (χ2v) is 4.45. The minimum absolute atomic E-state index is 0.0608. The third-order valence-electron chi connectivity index (χ3n) is 2.32. The first-order valence-corrected chi connectivity index (χ1v) is 6.42. The Labute approximate surface area is 121 Å². The number of hydrogen-bond donors (Lipinski definition) is 1. The van der Waals surface area contributed by atoms with Crippen molar-refractivity contribution in [3.63, 3.8) is 0 Å². The van der Waals surface area contributed by atoms with E-state index in [9.17, 15) is 0 Å². The summed E-state index contributed by atoms with van der Waals surface area (Å²) in [6, 6.07) is 5.76. The fourth-order valence-corrected chi connectivity index (χ4v) is 1.90. The number of ether oxygens (including phenoxy) is 1. The van der Waals surface area contributed by atoms with Crippen LogP contribution in [-0.2, 0) is 0 Å². The monoisotopic (exact) mass is 298 g/mol. The van der Waals surface area contributed by atoms with Gasteiger partial charge in [0, 0.05) is 0 Å². The Morgan fingerprint density at radius 2 is 2.00 bits per heavy atom. The van der Waals surface area contributed by atoms with E-state index in [2.05, 4.69) is 20.3 Å². The van der Waals surface area contributed by atoms with Crippen molar-refractivity contribution < 1.29 is 4.74 Å². The summed E-state index contributed by atoms with van der Waals surface area (Å²) in [5.74, 6) is 0.291. The summed E-state index contributed by atoms with van der Waals surface area (Å²) in [4.78, 5) is 11.9. The Bertz CT molecular complexity index is 572. The van der Waals surface area contributed by atoms with Gasteiger partial charge in [-0.1, -0.05) is 23.7 Å². The molecular formula is C12H12Cl2N4O. The number of hydrogen-bond acceptors (Lipinski definition) is 5. The molecule has 0 fully saturated rings. The number of para-hydroxylation sites is 1. The van der Waals surface area contributed by atoms with Gasteiger partial charge in [0.2, 0.25) is 11.2 Å². The van der Waals surface area contributed by atoms with Crippen molar-refractivity contribution in [2.45, 2.75) is 13.8 Å². The second kappa shape index (κ2) is 6.04. The highest BCUT2D eigenvalue weighted by Crippen LogP contribution is 2.28. The summed E-state index contributed by atoms with van der Waals surface area (Å²) >= 11 is 11.9. The number of aromatic nitrogens is 3. The average molecular weight is 299 g/mol. The SMILES string of the molecule is CCOc1nc(Cl)nc(Nc2c(C)cccc2Cl)n1. The number of anilines is 2. The molecule has 1 aromatic carbocycles. The van der Waals surface area contributed by atoms with Crippen LogP contribution >= 0.6 is 23.2 Å². The Morgan fingerprint density at radius 1 is 1.21 bits per heavy atom. The van der Waals surface area contributed by atoms with Gasteiger partial charge in [0.15, 0.2) is 0 Å². The molecule has 0 radical (unpaired) electrons. The fourth-order valence-electron chi connectivity index (χ4n) is 1.48. The van der Waals surface area contributed by atoms with E-state index in [0.29, 0.717) is 17.6 Å². The number of benzene rings is 1. The Hall–Kier alpha value is -1.59. The number of halogens is 2. The smallest absolute Gasteiger partial charge is 0.322 e. The molecule has 0 aliphatic rings. The molecule has 2 rings (SSSR count). The van der Waals surface area contributed by atoms with Gasteiger partial charge in [-0.05, 0) is 37.1 Å². The third kappa shape index (κ3) is 3.45.